The van der Waals surface area contributed by atoms with Crippen LogP contribution in [-0.4, -0.2) is 21.4 Å². The van der Waals surface area contributed by atoms with Gasteiger partial charge in [-0.1, -0.05) is 53.2 Å². The standard InChI is InChI=1S/C18H15Cl2N3O2S/c1-10-5-3-4-6-13(10)17-22-23-18(25-17)26-11(2)16(24)21-15-8-7-12(19)9-14(15)20/h3-9,11H,1-2H3,(H,21,24)/t11-/m0/s1. The fourth-order valence-corrected chi connectivity index (χ4v) is 3.35. The average molecular weight is 408 g/mol. The molecule has 1 heterocycles. The second-order valence-electron chi connectivity index (χ2n) is 5.56. The first-order valence-corrected chi connectivity index (χ1v) is 9.39. The zero-order valence-electron chi connectivity index (χ0n) is 14.0. The molecule has 3 rings (SSSR count). The van der Waals surface area contributed by atoms with E-state index in [-0.39, 0.29) is 5.91 Å². The van der Waals surface area contributed by atoms with E-state index in [2.05, 4.69) is 15.5 Å². The highest BCUT2D eigenvalue weighted by Crippen LogP contribution is 2.29. The molecule has 2 aromatic carbocycles. The number of halogens is 2. The van der Waals surface area contributed by atoms with Gasteiger partial charge in [0.25, 0.3) is 5.22 Å². The monoisotopic (exact) mass is 407 g/mol. The number of benzene rings is 2. The molecule has 26 heavy (non-hydrogen) atoms. The highest BCUT2D eigenvalue weighted by molar-refractivity contribution is 8.00. The van der Waals surface area contributed by atoms with Crippen LogP contribution in [0, 0.1) is 6.92 Å². The van der Waals surface area contributed by atoms with Crippen LogP contribution in [0.1, 0.15) is 12.5 Å². The number of hydrogen-bond donors (Lipinski definition) is 1. The quantitative estimate of drug-likeness (QED) is 0.567. The Morgan fingerprint density at radius 1 is 1.19 bits per heavy atom. The number of hydrogen-bond acceptors (Lipinski definition) is 5. The molecule has 1 N–H and O–H groups in total. The van der Waals surface area contributed by atoms with Crippen molar-refractivity contribution in [2.45, 2.75) is 24.3 Å². The lowest BCUT2D eigenvalue weighted by Crippen LogP contribution is -2.22. The van der Waals surface area contributed by atoms with Gasteiger partial charge in [-0.2, -0.15) is 0 Å². The second kappa shape index (κ2) is 8.12. The van der Waals surface area contributed by atoms with Crippen molar-refractivity contribution in [3.63, 3.8) is 0 Å². The molecule has 0 aliphatic carbocycles. The second-order valence-corrected chi connectivity index (χ2v) is 7.70. The fraction of sp³-hybridized carbons (Fsp3) is 0.167. The van der Waals surface area contributed by atoms with E-state index in [1.807, 2.05) is 31.2 Å². The first kappa shape index (κ1) is 18.8. The third-order valence-electron chi connectivity index (χ3n) is 3.62. The lowest BCUT2D eigenvalue weighted by molar-refractivity contribution is -0.115. The smallest absolute Gasteiger partial charge is 0.277 e. The number of thioether (sulfide) groups is 1. The van der Waals surface area contributed by atoms with E-state index < -0.39 is 5.25 Å². The molecule has 0 bridgehead atoms. The summed E-state index contributed by atoms with van der Waals surface area (Å²) in [5.74, 6) is 0.203. The van der Waals surface area contributed by atoms with Crippen molar-refractivity contribution < 1.29 is 9.21 Å². The molecule has 0 saturated heterocycles. The predicted octanol–water partition coefficient (Wildman–Crippen LogP) is 5.47. The Kier molecular flexibility index (Phi) is 5.86. The number of nitrogens with zero attached hydrogens (tertiary/aromatic N) is 2. The molecule has 5 nitrogen and oxygen atoms in total. The maximum atomic E-state index is 12.4. The molecule has 3 aromatic rings. The SMILES string of the molecule is Cc1ccccc1-c1nnc(S[C@@H](C)C(=O)Nc2ccc(Cl)cc2Cl)o1. The van der Waals surface area contributed by atoms with Gasteiger partial charge in [-0.25, -0.2) is 0 Å². The van der Waals surface area contributed by atoms with E-state index in [1.54, 1.807) is 25.1 Å². The third-order valence-corrected chi connectivity index (χ3v) is 5.10. The van der Waals surface area contributed by atoms with Crippen LogP contribution in [0.3, 0.4) is 0 Å². The van der Waals surface area contributed by atoms with Gasteiger partial charge in [0.1, 0.15) is 0 Å². The molecule has 0 aliphatic rings. The van der Waals surface area contributed by atoms with E-state index in [4.69, 9.17) is 27.6 Å². The molecular formula is C18H15Cl2N3O2S. The van der Waals surface area contributed by atoms with Crippen LogP contribution in [0.25, 0.3) is 11.5 Å². The van der Waals surface area contributed by atoms with E-state index in [0.29, 0.717) is 26.8 Å². The van der Waals surface area contributed by atoms with Gasteiger partial charge in [-0.15, -0.1) is 10.2 Å². The van der Waals surface area contributed by atoms with Crippen LogP contribution < -0.4 is 5.32 Å². The minimum atomic E-state index is -0.452. The van der Waals surface area contributed by atoms with Gasteiger partial charge >= 0.3 is 0 Å². The lowest BCUT2D eigenvalue weighted by Gasteiger charge is -2.11. The molecule has 8 heteroatoms. The van der Waals surface area contributed by atoms with Gasteiger partial charge in [-0.3, -0.25) is 4.79 Å². The van der Waals surface area contributed by atoms with Gasteiger partial charge in [0.05, 0.1) is 16.0 Å². The number of amides is 1. The maximum absolute atomic E-state index is 12.4. The van der Waals surface area contributed by atoms with Crippen LogP contribution in [0.2, 0.25) is 10.0 Å². The summed E-state index contributed by atoms with van der Waals surface area (Å²) in [5.41, 5.74) is 2.41. The molecule has 1 amide bonds. The topological polar surface area (TPSA) is 68.0 Å². The average Bonchev–Trinajstić information content (AvgIpc) is 3.06. The summed E-state index contributed by atoms with van der Waals surface area (Å²) in [6.45, 7) is 3.72. The summed E-state index contributed by atoms with van der Waals surface area (Å²) in [6, 6.07) is 12.6. The summed E-state index contributed by atoms with van der Waals surface area (Å²) < 4.78 is 5.68. The van der Waals surface area contributed by atoms with Crippen LogP contribution >= 0.6 is 35.0 Å². The summed E-state index contributed by atoms with van der Waals surface area (Å²) in [6.07, 6.45) is 0. The normalized spacial score (nSPS) is 12.0. The van der Waals surface area contributed by atoms with E-state index in [1.165, 1.54) is 11.8 Å². The molecule has 0 aliphatic heterocycles. The van der Waals surface area contributed by atoms with Gasteiger partial charge in [-0.05, 0) is 43.7 Å². The Hall–Kier alpha value is -2.02. The molecular weight excluding hydrogens is 393 g/mol. The highest BCUT2D eigenvalue weighted by atomic mass is 35.5. The van der Waals surface area contributed by atoms with Crippen LogP contribution in [0.15, 0.2) is 52.1 Å². The number of aryl methyl sites for hydroxylation is 1. The highest BCUT2D eigenvalue weighted by Gasteiger charge is 2.20. The number of carbonyl (C=O) groups excluding carboxylic acids is 1. The van der Waals surface area contributed by atoms with Gasteiger partial charge in [0, 0.05) is 10.6 Å². The fourth-order valence-electron chi connectivity index (χ4n) is 2.21. The molecule has 134 valence electrons. The summed E-state index contributed by atoms with van der Waals surface area (Å²) in [7, 11) is 0. The van der Waals surface area contributed by atoms with Gasteiger partial charge < -0.3 is 9.73 Å². The number of rotatable bonds is 5. The minimum Gasteiger partial charge on any atom is -0.411 e. The molecule has 0 radical (unpaired) electrons. The number of carbonyl (C=O) groups is 1. The van der Waals surface area contributed by atoms with Crippen molar-refractivity contribution in [3.05, 3.63) is 58.1 Å². The van der Waals surface area contributed by atoms with Crippen molar-refractivity contribution in [2.75, 3.05) is 5.32 Å². The summed E-state index contributed by atoms with van der Waals surface area (Å²) in [5, 5.41) is 11.6. The van der Waals surface area contributed by atoms with Crippen molar-refractivity contribution in [1.29, 1.82) is 0 Å². The summed E-state index contributed by atoms with van der Waals surface area (Å²) in [4.78, 5) is 12.4. The first-order chi connectivity index (χ1) is 12.4. The van der Waals surface area contributed by atoms with E-state index >= 15 is 0 Å². The van der Waals surface area contributed by atoms with Crippen molar-refractivity contribution in [2.24, 2.45) is 0 Å². The summed E-state index contributed by atoms with van der Waals surface area (Å²) >= 11 is 13.1. The zero-order valence-corrected chi connectivity index (χ0v) is 16.3. The molecule has 0 unspecified atom stereocenters. The third kappa shape index (κ3) is 4.38. The maximum Gasteiger partial charge on any atom is 0.277 e. The van der Waals surface area contributed by atoms with Crippen LogP contribution in [-0.2, 0) is 4.79 Å². The first-order valence-electron chi connectivity index (χ1n) is 7.76. The van der Waals surface area contributed by atoms with E-state index in [0.717, 1.165) is 11.1 Å². The van der Waals surface area contributed by atoms with Crippen LogP contribution in [0.4, 0.5) is 5.69 Å². The Balaban J connectivity index is 1.67. The largest absolute Gasteiger partial charge is 0.411 e. The van der Waals surface area contributed by atoms with Crippen molar-refractivity contribution in [1.82, 2.24) is 10.2 Å². The predicted molar refractivity (Wildman–Crippen MR) is 105 cm³/mol. The minimum absolute atomic E-state index is 0.227. The molecule has 1 aromatic heterocycles. The van der Waals surface area contributed by atoms with Gasteiger partial charge in [0.2, 0.25) is 11.8 Å². The molecule has 0 fully saturated rings. The van der Waals surface area contributed by atoms with Gasteiger partial charge in [0.15, 0.2) is 0 Å². The molecule has 1 atom stereocenters. The Bertz CT molecular complexity index is 946. The van der Waals surface area contributed by atoms with Crippen LogP contribution in [0.5, 0.6) is 0 Å². The Morgan fingerprint density at radius 2 is 1.96 bits per heavy atom. The van der Waals surface area contributed by atoms with Crippen molar-refractivity contribution in [3.8, 4) is 11.5 Å². The van der Waals surface area contributed by atoms with E-state index in [9.17, 15) is 4.79 Å². The number of anilines is 1. The Labute approximate surface area is 165 Å². The molecule has 0 saturated carbocycles. The molecule has 0 spiro atoms. The van der Waals surface area contributed by atoms with Crippen molar-refractivity contribution >= 4 is 46.6 Å². The Morgan fingerprint density at radius 3 is 2.69 bits per heavy atom. The lowest BCUT2D eigenvalue weighted by atomic mass is 10.1. The zero-order chi connectivity index (χ0) is 18.7. The number of aromatic nitrogens is 2. The number of nitrogens with one attached hydrogen (secondary N) is 1.